The second-order valence-electron chi connectivity index (χ2n) is 9.57. The number of aliphatic hydroxyl groups excluding tert-OH is 1. The van der Waals surface area contributed by atoms with E-state index in [9.17, 15) is 24.6 Å². The maximum atomic E-state index is 16.8. The van der Waals surface area contributed by atoms with Crippen LogP contribution in [0.4, 0.5) is 4.39 Å². The Morgan fingerprint density at radius 3 is 2.61 bits per heavy atom. The van der Waals surface area contributed by atoms with E-state index in [1.165, 1.54) is 12.2 Å². The number of carbonyl (C=O) groups is 3. The SMILES string of the molecule is C[C@H]1CC2C3CC=C4CC(=O)C=C[C@]4(C)C3(F)C(=O)C[C@]2(C)[C@@]1(O)C(=O)CO. The molecule has 0 radical (unpaired) electrons. The lowest BCUT2D eigenvalue weighted by Gasteiger charge is -2.58. The average Bonchev–Trinajstić information content (AvgIpc) is 2.84. The quantitative estimate of drug-likeness (QED) is 0.705. The van der Waals surface area contributed by atoms with Crippen molar-refractivity contribution < 1.29 is 29.0 Å². The van der Waals surface area contributed by atoms with Crippen LogP contribution in [0.25, 0.3) is 0 Å². The molecule has 152 valence electrons. The van der Waals surface area contributed by atoms with E-state index in [-0.39, 0.29) is 24.5 Å². The molecule has 7 atom stereocenters. The Hall–Kier alpha value is -1.66. The molecule has 6 heteroatoms. The Morgan fingerprint density at radius 1 is 1.29 bits per heavy atom. The maximum Gasteiger partial charge on any atom is 0.190 e. The molecular weight excluding hydrogens is 363 g/mol. The van der Waals surface area contributed by atoms with Gasteiger partial charge < -0.3 is 10.2 Å². The van der Waals surface area contributed by atoms with Gasteiger partial charge in [0.05, 0.1) is 0 Å². The number of fused-ring (bicyclic) bond motifs is 5. The normalized spacial score (nSPS) is 49.9. The van der Waals surface area contributed by atoms with Gasteiger partial charge in [0.25, 0.3) is 0 Å². The predicted molar refractivity (Wildman–Crippen MR) is 98.9 cm³/mol. The van der Waals surface area contributed by atoms with Crippen LogP contribution in [0.3, 0.4) is 0 Å². The summed E-state index contributed by atoms with van der Waals surface area (Å²) in [4.78, 5) is 37.7. The molecule has 0 aromatic rings. The zero-order chi connectivity index (χ0) is 20.7. The fourth-order valence-electron chi connectivity index (χ4n) is 6.90. The van der Waals surface area contributed by atoms with Crippen LogP contribution < -0.4 is 0 Å². The summed E-state index contributed by atoms with van der Waals surface area (Å²) in [6.45, 7) is 4.29. The summed E-state index contributed by atoms with van der Waals surface area (Å²) >= 11 is 0. The van der Waals surface area contributed by atoms with Crippen LogP contribution in [0.5, 0.6) is 0 Å². The van der Waals surface area contributed by atoms with Gasteiger partial charge in [0, 0.05) is 29.6 Å². The van der Waals surface area contributed by atoms with Crippen LogP contribution in [0, 0.1) is 28.6 Å². The van der Waals surface area contributed by atoms with Gasteiger partial charge in [-0.05, 0) is 37.7 Å². The van der Waals surface area contributed by atoms with E-state index in [0.29, 0.717) is 18.4 Å². The highest BCUT2D eigenvalue weighted by Gasteiger charge is 2.75. The number of aliphatic hydroxyl groups is 2. The van der Waals surface area contributed by atoms with Crippen LogP contribution in [-0.2, 0) is 14.4 Å². The van der Waals surface area contributed by atoms with Crippen molar-refractivity contribution in [3.05, 3.63) is 23.8 Å². The van der Waals surface area contributed by atoms with Crippen molar-refractivity contribution in [1.29, 1.82) is 0 Å². The number of rotatable bonds is 2. The minimum absolute atomic E-state index is 0.101. The Bertz CT molecular complexity index is 846. The lowest BCUT2D eigenvalue weighted by Crippen LogP contribution is -2.67. The van der Waals surface area contributed by atoms with Gasteiger partial charge in [-0.25, -0.2) is 4.39 Å². The van der Waals surface area contributed by atoms with E-state index in [1.807, 2.05) is 6.08 Å². The van der Waals surface area contributed by atoms with Crippen LogP contribution in [-0.4, -0.2) is 45.4 Å². The van der Waals surface area contributed by atoms with Crippen LogP contribution >= 0.6 is 0 Å². The van der Waals surface area contributed by atoms with Gasteiger partial charge in [-0.3, -0.25) is 14.4 Å². The van der Waals surface area contributed by atoms with Crippen LogP contribution in [0.1, 0.15) is 46.5 Å². The summed E-state index contributed by atoms with van der Waals surface area (Å²) in [6.07, 6.45) is 5.32. The Morgan fingerprint density at radius 2 is 1.96 bits per heavy atom. The van der Waals surface area contributed by atoms with Crippen molar-refractivity contribution in [1.82, 2.24) is 0 Å². The first-order valence-corrected chi connectivity index (χ1v) is 9.97. The molecule has 4 aliphatic rings. The van der Waals surface area contributed by atoms with Crippen LogP contribution in [0.2, 0.25) is 0 Å². The summed E-state index contributed by atoms with van der Waals surface area (Å²) < 4.78 is 16.8. The van der Waals surface area contributed by atoms with E-state index in [4.69, 9.17) is 0 Å². The maximum absolute atomic E-state index is 16.8. The monoisotopic (exact) mass is 390 g/mol. The van der Waals surface area contributed by atoms with Crippen molar-refractivity contribution in [3.63, 3.8) is 0 Å². The summed E-state index contributed by atoms with van der Waals surface area (Å²) in [7, 11) is 0. The third-order valence-corrected chi connectivity index (χ3v) is 8.52. The first-order valence-electron chi connectivity index (χ1n) is 9.97. The zero-order valence-corrected chi connectivity index (χ0v) is 16.5. The number of halogens is 1. The molecule has 0 amide bonds. The summed E-state index contributed by atoms with van der Waals surface area (Å²) in [5.74, 6) is -2.98. The predicted octanol–water partition coefficient (Wildman–Crippen LogP) is 2.10. The Labute approximate surface area is 163 Å². The molecule has 28 heavy (non-hydrogen) atoms. The molecule has 4 rings (SSSR count). The summed E-state index contributed by atoms with van der Waals surface area (Å²) in [5.41, 5.74) is -5.70. The number of Topliss-reactive ketones (excluding diaryl/α,β-unsaturated/α-hetero) is 2. The molecule has 2 saturated carbocycles. The highest BCUT2D eigenvalue weighted by molar-refractivity contribution is 5.98. The highest BCUT2D eigenvalue weighted by atomic mass is 19.1. The average molecular weight is 390 g/mol. The number of allylic oxidation sites excluding steroid dienone is 4. The number of ketones is 3. The second-order valence-corrected chi connectivity index (χ2v) is 9.57. The van der Waals surface area contributed by atoms with Gasteiger partial charge in [-0.2, -0.15) is 0 Å². The molecule has 0 spiro atoms. The lowest BCUT2D eigenvalue weighted by molar-refractivity contribution is -0.185. The lowest BCUT2D eigenvalue weighted by atomic mass is 9.45. The number of hydrogen-bond donors (Lipinski definition) is 2. The van der Waals surface area contributed by atoms with Crippen molar-refractivity contribution in [3.8, 4) is 0 Å². The molecule has 0 heterocycles. The summed E-state index contributed by atoms with van der Waals surface area (Å²) in [5, 5.41) is 20.8. The van der Waals surface area contributed by atoms with Gasteiger partial charge in [0.2, 0.25) is 0 Å². The van der Waals surface area contributed by atoms with Crippen molar-refractivity contribution >= 4 is 17.3 Å². The fourth-order valence-corrected chi connectivity index (χ4v) is 6.90. The summed E-state index contributed by atoms with van der Waals surface area (Å²) in [6, 6.07) is 0. The van der Waals surface area contributed by atoms with Crippen molar-refractivity contribution in [2.45, 2.75) is 57.7 Å². The molecule has 0 aromatic heterocycles. The molecule has 3 unspecified atom stereocenters. The van der Waals surface area contributed by atoms with E-state index in [0.717, 1.165) is 0 Å². The highest BCUT2D eigenvalue weighted by Crippen LogP contribution is 2.69. The Kier molecular flexibility index (Phi) is 4.00. The van der Waals surface area contributed by atoms with Crippen molar-refractivity contribution in [2.75, 3.05) is 6.61 Å². The molecule has 2 fully saturated rings. The number of hydrogen-bond acceptors (Lipinski definition) is 5. The van der Waals surface area contributed by atoms with E-state index in [2.05, 4.69) is 0 Å². The van der Waals surface area contributed by atoms with Crippen LogP contribution in [0.15, 0.2) is 23.8 Å². The smallest absolute Gasteiger partial charge is 0.190 e. The third-order valence-electron chi connectivity index (χ3n) is 8.52. The zero-order valence-electron chi connectivity index (χ0n) is 16.5. The minimum Gasteiger partial charge on any atom is -0.388 e. The van der Waals surface area contributed by atoms with E-state index >= 15 is 4.39 Å². The van der Waals surface area contributed by atoms with Gasteiger partial charge >= 0.3 is 0 Å². The van der Waals surface area contributed by atoms with Crippen molar-refractivity contribution in [2.24, 2.45) is 28.6 Å². The van der Waals surface area contributed by atoms with E-state index in [1.54, 1.807) is 20.8 Å². The number of alkyl halides is 1. The first kappa shape index (κ1) is 19.6. The Balaban J connectivity index is 1.86. The molecule has 0 bridgehead atoms. The second kappa shape index (κ2) is 5.70. The third kappa shape index (κ3) is 1.96. The largest absolute Gasteiger partial charge is 0.388 e. The van der Waals surface area contributed by atoms with Gasteiger partial charge in [0.1, 0.15) is 12.2 Å². The van der Waals surface area contributed by atoms with E-state index < -0.39 is 52.1 Å². The minimum atomic E-state index is -2.17. The molecule has 0 aromatic carbocycles. The first-order chi connectivity index (χ1) is 13.0. The molecular formula is C22H27FO5. The van der Waals surface area contributed by atoms with Gasteiger partial charge in [-0.1, -0.05) is 31.6 Å². The van der Waals surface area contributed by atoms with Gasteiger partial charge in [-0.15, -0.1) is 0 Å². The fraction of sp³-hybridized carbons (Fsp3) is 0.682. The number of carbonyl (C=O) groups excluding carboxylic acids is 3. The molecule has 2 N–H and O–H groups in total. The molecule has 0 saturated heterocycles. The standard InChI is InChI=1S/C22H27FO5/c1-12-8-16-15-5-4-13-9-14(25)6-7-19(13,2)21(15,23)17(26)10-20(16,3)22(12,28)18(27)11-24/h4,6-7,12,15-16,24,28H,5,8-11H2,1-3H3/t12-,15?,16?,19-,20-,21?,22-/m0/s1. The van der Waals surface area contributed by atoms with Gasteiger partial charge in [0.15, 0.2) is 23.0 Å². The molecule has 5 nitrogen and oxygen atoms in total. The molecule has 0 aliphatic heterocycles. The molecule has 4 aliphatic carbocycles. The topological polar surface area (TPSA) is 91.7 Å².